The zero-order valence-corrected chi connectivity index (χ0v) is 21.0. The Morgan fingerprint density at radius 3 is 2.45 bits per heavy atom. The molecule has 0 aromatic heterocycles. The van der Waals surface area contributed by atoms with Crippen molar-refractivity contribution >= 4 is 21.6 Å². The van der Waals surface area contributed by atoms with Crippen molar-refractivity contribution in [3.63, 3.8) is 0 Å². The monoisotopic (exact) mass is 473 g/mol. The fourth-order valence-electron chi connectivity index (χ4n) is 4.25. The first kappa shape index (κ1) is 25.2. The van der Waals surface area contributed by atoms with Gasteiger partial charge in [-0.3, -0.25) is 9.69 Å². The number of rotatable bonds is 7. The molecule has 1 aliphatic heterocycles. The van der Waals surface area contributed by atoms with E-state index in [-0.39, 0.29) is 23.4 Å². The number of hydrogen-bond acceptors (Lipinski definition) is 5. The Bertz CT molecular complexity index is 1080. The molecule has 1 amide bonds. The first-order chi connectivity index (χ1) is 15.6. The van der Waals surface area contributed by atoms with Gasteiger partial charge in [-0.2, -0.15) is 0 Å². The SMILES string of the molecule is COc1ccc(C2CCCCCN2CC(=O)Nc2cc(S(=O)(=O)N(C)C)cc(C)c2C)cc1. The normalized spacial score (nSPS) is 17.6. The number of aryl methyl sites for hydroxylation is 1. The van der Waals surface area contributed by atoms with E-state index in [0.717, 1.165) is 49.1 Å². The predicted molar refractivity (Wildman–Crippen MR) is 131 cm³/mol. The molecule has 7 nitrogen and oxygen atoms in total. The second-order valence-corrected chi connectivity index (χ2v) is 11.0. The van der Waals surface area contributed by atoms with Crippen LogP contribution in [0.3, 0.4) is 0 Å². The van der Waals surface area contributed by atoms with E-state index >= 15 is 0 Å². The number of anilines is 1. The maximum atomic E-state index is 13.1. The Balaban J connectivity index is 1.81. The lowest BCUT2D eigenvalue weighted by atomic mass is 10.0. The Morgan fingerprint density at radius 2 is 1.82 bits per heavy atom. The Labute approximate surface area is 197 Å². The third-order valence-corrected chi connectivity index (χ3v) is 8.20. The molecule has 1 heterocycles. The molecule has 0 radical (unpaired) electrons. The zero-order valence-electron chi connectivity index (χ0n) is 20.2. The molecule has 8 heteroatoms. The Hall–Kier alpha value is -2.42. The van der Waals surface area contributed by atoms with Gasteiger partial charge in [-0.25, -0.2) is 12.7 Å². The summed E-state index contributed by atoms with van der Waals surface area (Å²) in [5.74, 6) is 0.674. The predicted octanol–water partition coefficient (Wildman–Crippen LogP) is 4.12. The van der Waals surface area contributed by atoms with Crippen LogP contribution in [0.4, 0.5) is 5.69 Å². The van der Waals surface area contributed by atoms with Crippen LogP contribution in [0.2, 0.25) is 0 Å². The van der Waals surface area contributed by atoms with Gasteiger partial charge < -0.3 is 10.1 Å². The summed E-state index contributed by atoms with van der Waals surface area (Å²) >= 11 is 0. The highest BCUT2D eigenvalue weighted by molar-refractivity contribution is 7.89. The van der Waals surface area contributed by atoms with E-state index in [2.05, 4.69) is 22.3 Å². The Kier molecular flexibility index (Phi) is 8.15. The molecule has 2 aromatic carbocycles. The average molecular weight is 474 g/mol. The fourth-order valence-corrected chi connectivity index (χ4v) is 5.26. The number of nitrogens with one attached hydrogen (secondary N) is 1. The third-order valence-electron chi connectivity index (χ3n) is 6.40. The highest BCUT2D eigenvalue weighted by Gasteiger charge is 2.25. The summed E-state index contributed by atoms with van der Waals surface area (Å²) in [5.41, 5.74) is 3.40. The number of sulfonamides is 1. The van der Waals surface area contributed by atoms with Crippen LogP contribution >= 0.6 is 0 Å². The van der Waals surface area contributed by atoms with Crippen molar-refractivity contribution in [3.05, 3.63) is 53.1 Å². The number of hydrogen-bond donors (Lipinski definition) is 1. The maximum Gasteiger partial charge on any atom is 0.242 e. The molecule has 0 spiro atoms. The van der Waals surface area contributed by atoms with Gasteiger partial charge in [0.15, 0.2) is 0 Å². The third kappa shape index (κ3) is 5.93. The summed E-state index contributed by atoms with van der Waals surface area (Å²) < 4.78 is 31.7. The van der Waals surface area contributed by atoms with Gasteiger partial charge in [-0.15, -0.1) is 0 Å². The standard InChI is InChI=1S/C25H35N3O4S/c1-18-15-22(33(30,31)27(3)4)16-23(19(18)2)26-25(29)17-28-14-8-6-7-9-24(28)20-10-12-21(32-5)13-11-20/h10-13,15-16,24H,6-9,14,17H2,1-5H3,(H,26,29). The molecule has 2 aromatic rings. The first-order valence-electron chi connectivity index (χ1n) is 11.3. The van der Waals surface area contributed by atoms with E-state index in [1.54, 1.807) is 19.2 Å². The summed E-state index contributed by atoms with van der Waals surface area (Å²) in [6, 6.07) is 11.4. The molecule has 1 N–H and O–H groups in total. The van der Waals surface area contributed by atoms with Gasteiger partial charge in [0.1, 0.15) is 5.75 Å². The van der Waals surface area contributed by atoms with Gasteiger partial charge in [0.2, 0.25) is 15.9 Å². The lowest BCUT2D eigenvalue weighted by molar-refractivity contribution is -0.117. The van der Waals surface area contributed by atoms with Gasteiger partial charge in [0.25, 0.3) is 0 Å². The molecule has 0 aliphatic carbocycles. The first-order valence-corrected chi connectivity index (χ1v) is 12.8. The van der Waals surface area contributed by atoms with Gasteiger partial charge >= 0.3 is 0 Å². The molecule has 0 bridgehead atoms. The van der Waals surface area contributed by atoms with Crippen LogP contribution in [-0.4, -0.2) is 57.8 Å². The quantitative estimate of drug-likeness (QED) is 0.655. The van der Waals surface area contributed by atoms with E-state index in [4.69, 9.17) is 4.74 Å². The lowest BCUT2D eigenvalue weighted by Crippen LogP contribution is -2.36. The topological polar surface area (TPSA) is 79.0 Å². The minimum atomic E-state index is -3.60. The fraction of sp³-hybridized carbons (Fsp3) is 0.480. The molecule has 3 rings (SSSR count). The van der Waals surface area contributed by atoms with Gasteiger partial charge in [-0.05, 0) is 74.2 Å². The summed E-state index contributed by atoms with van der Waals surface area (Å²) in [6.07, 6.45) is 4.31. The van der Waals surface area contributed by atoms with Crippen LogP contribution < -0.4 is 10.1 Å². The zero-order chi connectivity index (χ0) is 24.2. The molecular formula is C25H35N3O4S. The van der Waals surface area contributed by atoms with Gasteiger partial charge in [0.05, 0.1) is 18.6 Å². The number of carbonyl (C=O) groups is 1. The van der Waals surface area contributed by atoms with Crippen LogP contribution in [0.5, 0.6) is 5.75 Å². The lowest BCUT2D eigenvalue weighted by Gasteiger charge is -2.30. The van der Waals surface area contributed by atoms with Crippen molar-refractivity contribution in [1.29, 1.82) is 0 Å². The Morgan fingerprint density at radius 1 is 1.12 bits per heavy atom. The second-order valence-electron chi connectivity index (χ2n) is 8.86. The molecule has 1 unspecified atom stereocenters. The second kappa shape index (κ2) is 10.7. The van der Waals surface area contributed by atoms with E-state index in [1.807, 2.05) is 26.0 Å². The smallest absolute Gasteiger partial charge is 0.242 e. The summed E-state index contributed by atoms with van der Waals surface area (Å²) in [7, 11) is 1.06. The molecule has 1 fully saturated rings. The number of ether oxygens (including phenoxy) is 1. The minimum Gasteiger partial charge on any atom is -0.497 e. The maximum absolute atomic E-state index is 13.1. The van der Waals surface area contributed by atoms with Crippen molar-refractivity contribution in [2.24, 2.45) is 0 Å². The molecule has 33 heavy (non-hydrogen) atoms. The van der Waals surface area contributed by atoms with Crippen molar-refractivity contribution in [1.82, 2.24) is 9.21 Å². The number of amides is 1. The van der Waals surface area contributed by atoms with Crippen LogP contribution in [-0.2, 0) is 14.8 Å². The van der Waals surface area contributed by atoms with Gasteiger partial charge in [0, 0.05) is 25.8 Å². The van der Waals surface area contributed by atoms with Crippen molar-refractivity contribution in [3.8, 4) is 5.75 Å². The van der Waals surface area contributed by atoms with Crippen molar-refractivity contribution in [2.75, 3.05) is 39.6 Å². The van der Waals surface area contributed by atoms with Crippen LogP contribution in [0.1, 0.15) is 48.4 Å². The van der Waals surface area contributed by atoms with E-state index < -0.39 is 10.0 Å². The number of carbonyl (C=O) groups excluding carboxylic acids is 1. The summed E-state index contributed by atoms with van der Waals surface area (Å²) in [5, 5.41) is 2.98. The number of nitrogens with zero attached hydrogens (tertiary/aromatic N) is 2. The number of benzene rings is 2. The molecule has 1 atom stereocenters. The van der Waals surface area contributed by atoms with Gasteiger partial charge in [-0.1, -0.05) is 25.0 Å². The highest BCUT2D eigenvalue weighted by atomic mass is 32.2. The largest absolute Gasteiger partial charge is 0.497 e. The number of methoxy groups -OCH3 is 1. The van der Waals surface area contributed by atoms with Crippen molar-refractivity contribution in [2.45, 2.75) is 50.5 Å². The molecule has 0 saturated carbocycles. The average Bonchev–Trinajstić information content (AvgIpc) is 3.02. The number of likely N-dealkylation sites (tertiary alicyclic amines) is 1. The molecular weight excluding hydrogens is 438 g/mol. The molecule has 180 valence electrons. The highest BCUT2D eigenvalue weighted by Crippen LogP contribution is 2.31. The van der Waals surface area contributed by atoms with Crippen molar-refractivity contribution < 1.29 is 17.9 Å². The van der Waals surface area contributed by atoms with E-state index in [9.17, 15) is 13.2 Å². The van der Waals surface area contributed by atoms with Crippen LogP contribution in [0.25, 0.3) is 0 Å². The van der Waals surface area contributed by atoms with E-state index in [1.165, 1.54) is 24.0 Å². The van der Waals surface area contributed by atoms with Crippen LogP contribution in [0.15, 0.2) is 41.3 Å². The molecule has 1 saturated heterocycles. The summed E-state index contributed by atoms with van der Waals surface area (Å²) in [6.45, 7) is 4.84. The van der Waals surface area contributed by atoms with E-state index in [0.29, 0.717) is 5.69 Å². The molecule has 1 aliphatic rings. The van der Waals surface area contributed by atoms with Crippen LogP contribution in [0, 0.1) is 13.8 Å². The minimum absolute atomic E-state index is 0.141. The summed E-state index contributed by atoms with van der Waals surface area (Å²) in [4.78, 5) is 15.5.